The molecule has 0 spiro atoms. The lowest BCUT2D eigenvalue weighted by Gasteiger charge is -2.31. The first-order chi connectivity index (χ1) is 9.18. The van der Waals surface area contributed by atoms with Crippen molar-refractivity contribution >= 4 is 11.8 Å². The zero-order valence-electron chi connectivity index (χ0n) is 11.9. The zero-order valence-corrected chi connectivity index (χ0v) is 11.9. The van der Waals surface area contributed by atoms with E-state index in [9.17, 15) is 9.59 Å². The largest absolute Gasteiger partial charge is 0.282 e. The Labute approximate surface area is 115 Å². The summed E-state index contributed by atoms with van der Waals surface area (Å²) in [7, 11) is 0. The number of hydrogen-bond acceptors (Lipinski definition) is 2. The normalized spacial score (nSPS) is 39.5. The van der Waals surface area contributed by atoms with Crippen LogP contribution in [0.1, 0.15) is 58.3 Å². The monoisotopic (exact) mass is 263 g/mol. The molecule has 1 heterocycles. The van der Waals surface area contributed by atoms with E-state index in [4.69, 9.17) is 0 Å². The van der Waals surface area contributed by atoms with E-state index in [-0.39, 0.29) is 23.7 Å². The predicted molar refractivity (Wildman–Crippen MR) is 73.3 cm³/mol. The summed E-state index contributed by atoms with van der Waals surface area (Å²) in [4.78, 5) is 26.5. The SMILES string of the molecule is CC1CCCCC1CN1C(=O)C2CCCCC2C1=O. The Morgan fingerprint density at radius 2 is 1.42 bits per heavy atom. The van der Waals surface area contributed by atoms with Crippen LogP contribution >= 0.6 is 0 Å². The third-order valence-corrected chi connectivity index (χ3v) is 5.64. The van der Waals surface area contributed by atoms with Gasteiger partial charge in [0.15, 0.2) is 0 Å². The van der Waals surface area contributed by atoms with Gasteiger partial charge in [-0.1, -0.05) is 39.0 Å². The summed E-state index contributed by atoms with van der Waals surface area (Å²) in [6, 6.07) is 0. The topological polar surface area (TPSA) is 37.4 Å². The van der Waals surface area contributed by atoms with Crippen LogP contribution < -0.4 is 0 Å². The van der Waals surface area contributed by atoms with E-state index in [0.29, 0.717) is 18.4 Å². The van der Waals surface area contributed by atoms with E-state index in [1.54, 1.807) is 4.90 Å². The third-order valence-electron chi connectivity index (χ3n) is 5.64. The maximum atomic E-state index is 12.4. The van der Waals surface area contributed by atoms with Gasteiger partial charge in [-0.05, 0) is 31.1 Å². The van der Waals surface area contributed by atoms with Crippen LogP contribution in [0.2, 0.25) is 0 Å². The van der Waals surface area contributed by atoms with Crippen molar-refractivity contribution in [2.75, 3.05) is 6.54 Å². The quantitative estimate of drug-likeness (QED) is 0.718. The molecule has 2 amide bonds. The highest BCUT2D eigenvalue weighted by molar-refractivity contribution is 6.05. The Morgan fingerprint density at radius 1 is 0.895 bits per heavy atom. The number of rotatable bonds is 2. The highest BCUT2D eigenvalue weighted by Gasteiger charge is 2.48. The summed E-state index contributed by atoms with van der Waals surface area (Å²) < 4.78 is 0. The summed E-state index contributed by atoms with van der Waals surface area (Å²) >= 11 is 0. The molecule has 4 atom stereocenters. The molecule has 4 unspecified atom stereocenters. The molecule has 3 nitrogen and oxygen atoms in total. The molecule has 1 saturated heterocycles. The molecule has 3 fully saturated rings. The number of carbonyl (C=O) groups excluding carboxylic acids is 2. The fourth-order valence-corrected chi connectivity index (χ4v) is 4.31. The Hall–Kier alpha value is -0.860. The van der Waals surface area contributed by atoms with E-state index in [1.807, 2.05) is 0 Å². The van der Waals surface area contributed by atoms with Crippen molar-refractivity contribution in [3.8, 4) is 0 Å². The van der Waals surface area contributed by atoms with Crippen molar-refractivity contribution in [2.24, 2.45) is 23.7 Å². The molecule has 3 aliphatic rings. The molecule has 3 heteroatoms. The Morgan fingerprint density at radius 3 is 2.00 bits per heavy atom. The molecule has 1 aliphatic heterocycles. The predicted octanol–water partition coefficient (Wildman–Crippen LogP) is 2.99. The average Bonchev–Trinajstić information content (AvgIpc) is 2.67. The minimum absolute atomic E-state index is 0.0279. The molecule has 3 rings (SSSR count). The van der Waals surface area contributed by atoms with E-state index >= 15 is 0 Å². The van der Waals surface area contributed by atoms with Gasteiger partial charge in [0, 0.05) is 6.54 Å². The first-order valence-electron chi connectivity index (χ1n) is 8.03. The van der Waals surface area contributed by atoms with Crippen molar-refractivity contribution in [3.05, 3.63) is 0 Å². The van der Waals surface area contributed by atoms with Gasteiger partial charge in [-0.2, -0.15) is 0 Å². The van der Waals surface area contributed by atoms with E-state index in [2.05, 4.69) is 6.92 Å². The summed E-state index contributed by atoms with van der Waals surface area (Å²) in [5, 5.41) is 0. The van der Waals surface area contributed by atoms with E-state index in [0.717, 1.165) is 25.7 Å². The number of fused-ring (bicyclic) bond motifs is 1. The van der Waals surface area contributed by atoms with E-state index in [1.165, 1.54) is 25.7 Å². The molecular formula is C16H25NO2. The molecule has 19 heavy (non-hydrogen) atoms. The molecular weight excluding hydrogens is 238 g/mol. The molecule has 0 radical (unpaired) electrons. The highest BCUT2D eigenvalue weighted by atomic mass is 16.2. The minimum atomic E-state index is 0.0279. The molecule has 0 aromatic heterocycles. The molecule has 0 N–H and O–H groups in total. The number of nitrogens with zero attached hydrogens (tertiary/aromatic N) is 1. The van der Waals surface area contributed by atoms with Crippen molar-refractivity contribution in [1.29, 1.82) is 0 Å². The molecule has 0 bridgehead atoms. The number of imide groups is 1. The van der Waals surface area contributed by atoms with Crippen molar-refractivity contribution < 1.29 is 9.59 Å². The van der Waals surface area contributed by atoms with Gasteiger partial charge < -0.3 is 0 Å². The van der Waals surface area contributed by atoms with Crippen LogP contribution in [0.25, 0.3) is 0 Å². The lowest BCUT2D eigenvalue weighted by Crippen LogP contribution is -2.38. The summed E-state index contributed by atoms with van der Waals surface area (Å²) in [6.45, 7) is 2.98. The Balaban J connectivity index is 1.70. The molecule has 2 saturated carbocycles. The first kappa shape index (κ1) is 13.1. The average molecular weight is 263 g/mol. The number of hydrogen-bond donors (Lipinski definition) is 0. The second-order valence-electron chi connectivity index (χ2n) is 6.81. The van der Waals surface area contributed by atoms with Gasteiger partial charge in [0.2, 0.25) is 11.8 Å². The van der Waals surface area contributed by atoms with Crippen LogP contribution in [0.3, 0.4) is 0 Å². The van der Waals surface area contributed by atoms with Gasteiger partial charge in [-0.15, -0.1) is 0 Å². The van der Waals surface area contributed by atoms with Crippen LogP contribution in [0, 0.1) is 23.7 Å². The molecule has 2 aliphatic carbocycles. The summed E-state index contributed by atoms with van der Waals surface area (Å²) in [6.07, 6.45) is 9.13. The van der Waals surface area contributed by atoms with Crippen molar-refractivity contribution in [3.63, 3.8) is 0 Å². The Bertz CT molecular complexity index is 355. The summed E-state index contributed by atoms with van der Waals surface area (Å²) in [5.41, 5.74) is 0. The van der Waals surface area contributed by atoms with E-state index < -0.39 is 0 Å². The van der Waals surface area contributed by atoms with Gasteiger partial charge in [0.1, 0.15) is 0 Å². The number of carbonyl (C=O) groups is 2. The molecule has 0 aromatic carbocycles. The number of amides is 2. The van der Waals surface area contributed by atoms with Gasteiger partial charge in [0.05, 0.1) is 11.8 Å². The van der Waals surface area contributed by atoms with Crippen LogP contribution in [0.4, 0.5) is 0 Å². The zero-order chi connectivity index (χ0) is 13.4. The summed E-state index contributed by atoms with van der Waals surface area (Å²) in [5.74, 6) is 1.55. The fourth-order valence-electron chi connectivity index (χ4n) is 4.31. The van der Waals surface area contributed by atoms with Crippen molar-refractivity contribution in [2.45, 2.75) is 58.3 Å². The molecule has 106 valence electrons. The van der Waals surface area contributed by atoms with Crippen molar-refractivity contribution in [1.82, 2.24) is 4.90 Å². The highest BCUT2D eigenvalue weighted by Crippen LogP contribution is 2.39. The standard InChI is InChI=1S/C16H25NO2/c1-11-6-2-3-7-12(11)10-17-15(18)13-8-4-5-9-14(13)16(17)19/h11-14H,2-10H2,1H3. The first-order valence-corrected chi connectivity index (χ1v) is 8.03. The Kier molecular flexibility index (Phi) is 3.64. The minimum Gasteiger partial charge on any atom is -0.282 e. The van der Waals surface area contributed by atoms with Crippen LogP contribution in [-0.2, 0) is 9.59 Å². The van der Waals surface area contributed by atoms with Gasteiger partial charge in [-0.25, -0.2) is 0 Å². The maximum Gasteiger partial charge on any atom is 0.233 e. The van der Waals surface area contributed by atoms with Gasteiger partial charge in [-0.3, -0.25) is 14.5 Å². The third kappa shape index (κ3) is 2.32. The van der Waals surface area contributed by atoms with Crippen LogP contribution in [-0.4, -0.2) is 23.3 Å². The maximum absolute atomic E-state index is 12.4. The van der Waals surface area contributed by atoms with Crippen LogP contribution in [0.15, 0.2) is 0 Å². The lowest BCUT2D eigenvalue weighted by molar-refractivity contribution is -0.141. The lowest BCUT2D eigenvalue weighted by atomic mass is 9.80. The smallest absolute Gasteiger partial charge is 0.233 e. The van der Waals surface area contributed by atoms with Gasteiger partial charge >= 0.3 is 0 Å². The molecule has 0 aromatic rings. The fraction of sp³-hybridized carbons (Fsp3) is 0.875. The second kappa shape index (κ2) is 5.26. The number of likely N-dealkylation sites (tertiary alicyclic amines) is 1. The van der Waals surface area contributed by atoms with Gasteiger partial charge in [0.25, 0.3) is 0 Å². The van der Waals surface area contributed by atoms with Crippen LogP contribution in [0.5, 0.6) is 0 Å². The second-order valence-corrected chi connectivity index (χ2v) is 6.81.